The molecule has 1 N–H and O–H groups in total. The molecule has 1 aromatic carbocycles. The molecular formula is C14H17NO3. The Morgan fingerprint density at radius 3 is 2.56 bits per heavy atom. The number of carboxylic acids is 1. The van der Waals surface area contributed by atoms with Crippen LogP contribution in [0.1, 0.15) is 28.4 Å². The van der Waals surface area contributed by atoms with Gasteiger partial charge in [0.15, 0.2) is 0 Å². The predicted octanol–water partition coefficient (Wildman–Crippen LogP) is 2.18. The highest BCUT2D eigenvalue weighted by Gasteiger charge is 2.10. The SMILES string of the molecule is CCN(C)C(=O)c1ccc(/C=C/C(=O)O)c(C)c1. The van der Waals surface area contributed by atoms with Gasteiger partial charge in [-0.05, 0) is 43.2 Å². The zero-order valence-electron chi connectivity index (χ0n) is 10.8. The Balaban J connectivity index is 2.99. The second-order valence-corrected chi connectivity index (χ2v) is 4.06. The summed E-state index contributed by atoms with van der Waals surface area (Å²) in [5, 5.41) is 8.57. The van der Waals surface area contributed by atoms with Gasteiger partial charge in [-0.25, -0.2) is 4.79 Å². The van der Waals surface area contributed by atoms with Crippen LogP contribution in [0.3, 0.4) is 0 Å². The van der Waals surface area contributed by atoms with Crippen molar-refractivity contribution in [1.82, 2.24) is 4.90 Å². The lowest BCUT2D eigenvalue weighted by molar-refractivity contribution is -0.131. The Bertz CT molecular complexity index is 492. The average Bonchev–Trinajstić information content (AvgIpc) is 2.35. The molecule has 0 atom stereocenters. The van der Waals surface area contributed by atoms with E-state index in [1.54, 1.807) is 30.1 Å². The quantitative estimate of drug-likeness (QED) is 0.830. The molecule has 0 aliphatic rings. The van der Waals surface area contributed by atoms with Gasteiger partial charge < -0.3 is 10.0 Å². The van der Waals surface area contributed by atoms with Crippen molar-refractivity contribution < 1.29 is 14.7 Å². The van der Waals surface area contributed by atoms with Crippen molar-refractivity contribution in [3.8, 4) is 0 Å². The first kappa shape index (κ1) is 14.0. The van der Waals surface area contributed by atoms with E-state index in [0.29, 0.717) is 12.1 Å². The summed E-state index contributed by atoms with van der Waals surface area (Å²) in [6.45, 7) is 4.41. The molecule has 0 spiro atoms. The summed E-state index contributed by atoms with van der Waals surface area (Å²) in [5.74, 6) is -1.02. The molecule has 0 bridgehead atoms. The minimum absolute atomic E-state index is 0.0330. The van der Waals surface area contributed by atoms with Crippen LogP contribution in [0.4, 0.5) is 0 Å². The van der Waals surface area contributed by atoms with Crippen molar-refractivity contribution in [3.63, 3.8) is 0 Å². The van der Waals surface area contributed by atoms with Gasteiger partial charge in [-0.3, -0.25) is 4.79 Å². The maximum absolute atomic E-state index is 11.9. The van der Waals surface area contributed by atoms with Crippen molar-refractivity contribution >= 4 is 18.0 Å². The Morgan fingerprint density at radius 2 is 2.06 bits per heavy atom. The van der Waals surface area contributed by atoms with Crippen LogP contribution >= 0.6 is 0 Å². The van der Waals surface area contributed by atoms with Crippen molar-refractivity contribution in [3.05, 3.63) is 41.0 Å². The smallest absolute Gasteiger partial charge is 0.328 e. The monoisotopic (exact) mass is 247 g/mol. The topological polar surface area (TPSA) is 57.6 Å². The summed E-state index contributed by atoms with van der Waals surface area (Å²) in [7, 11) is 1.75. The molecule has 0 aliphatic carbocycles. The second-order valence-electron chi connectivity index (χ2n) is 4.06. The van der Waals surface area contributed by atoms with Crippen LogP contribution < -0.4 is 0 Å². The van der Waals surface area contributed by atoms with Gasteiger partial charge >= 0.3 is 5.97 Å². The first-order chi connectivity index (χ1) is 8.45. The first-order valence-corrected chi connectivity index (χ1v) is 5.72. The highest BCUT2D eigenvalue weighted by molar-refractivity contribution is 5.94. The molecule has 0 unspecified atom stereocenters. The van der Waals surface area contributed by atoms with Crippen molar-refractivity contribution in [2.75, 3.05) is 13.6 Å². The van der Waals surface area contributed by atoms with Crippen molar-refractivity contribution in [2.24, 2.45) is 0 Å². The summed E-state index contributed by atoms with van der Waals surface area (Å²) in [5.41, 5.74) is 2.29. The molecule has 96 valence electrons. The molecule has 0 saturated carbocycles. The number of nitrogens with zero attached hydrogens (tertiary/aromatic N) is 1. The van der Waals surface area contributed by atoms with Gasteiger partial charge in [0.25, 0.3) is 5.91 Å². The molecule has 0 heterocycles. The highest BCUT2D eigenvalue weighted by Crippen LogP contribution is 2.14. The molecule has 18 heavy (non-hydrogen) atoms. The number of carbonyl (C=O) groups excluding carboxylic acids is 1. The van der Waals surface area contributed by atoms with E-state index >= 15 is 0 Å². The number of carbonyl (C=O) groups is 2. The molecule has 1 rings (SSSR count). The zero-order chi connectivity index (χ0) is 13.7. The van der Waals surface area contributed by atoms with Gasteiger partial charge in [-0.1, -0.05) is 6.07 Å². The van der Waals surface area contributed by atoms with E-state index in [1.165, 1.54) is 6.08 Å². The number of aliphatic carboxylic acids is 1. The van der Waals surface area contributed by atoms with E-state index in [9.17, 15) is 9.59 Å². The van der Waals surface area contributed by atoms with E-state index in [0.717, 1.165) is 17.2 Å². The Morgan fingerprint density at radius 1 is 1.39 bits per heavy atom. The van der Waals surface area contributed by atoms with Crippen molar-refractivity contribution in [2.45, 2.75) is 13.8 Å². The summed E-state index contributed by atoms with van der Waals surface area (Å²) < 4.78 is 0. The van der Waals surface area contributed by atoms with Crippen LogP contribution in [-0.4, -0.2) is 35.5 Å². The van der Waals surface area contributed by atoms with Gasteiger partial charge in [0.1, 0.15) is 0 Å². The van der Waals surface area contributed by atoms with Crippen molar-refractivity contribution in [1.29, 1.82) is 0 Å². The number of aryl methyl sites for hydroxylation is 1. The molecule has 0 fully saturated rings. The van der Waals surface area contributed by atoms with Gasteiger partial charge in [-0.2, -0.15) is 0 Å². The highest BCUT2D eigenvalue weighted by atomic mass is 16.4. The first-order valence-electron chi connectivity index (χ1n) is 5.72. The van der Waals surface area contributed by atoms with Crippen LogP contribution in [0.2, 0.25) is 0 Å². The standard InChI is InChI=1S/C14H17NO3/c1-4-15(3)14(18)12-6-5-11(10(2)9-12)7-8-13(16)17/h5-9H,4H2,1-3H3,(H,16,17)/b8-7+. The number of hydrogen-bond donors (Lipinski definition) is 1. The Kier molecular flexibility index (Phi) is 4.66. The van der Waals surface area contributed by atoms with Gasteiger partial charge in [0, 0.05) is 25.2 Å². The lowest BCUT2D eigenvalue weighted by Crippen LogP contribution is -2.26. The van der Waals surface area contributed by atoms with E-state index < -0.39 is 5.97 Å². The molecule has 0 saturated heterocycles. The fraction of sp³-hybridized carbons (Fsp3) is 0.286. The maximum Gasteiger partial charge on any atom is 0.328 e. The number of rotatable bonds is 4. The minimum atomic E-state index is -0.986. The van der Waals surface area contributed by atoms with Gasteiger partial charge in [-0.15, -0.1) is 0 Å². The maximum atomic E-state index is 11.9. The number of benzene rings is 1. The Hall–Kier alpha value is -2.10. The summed E-state index contributed by atoms with van der Waals surface area (Å²) in [6, 6.07) is 5.24. The fourth-order valence-electron chi connectivity index (χ4n) is 1.52. The molecule has 0 radical (unpaired) electrons. The molecule has 0 aliphatic heterocycles. The van der Waals surface area contributed by atoms with E-state index in [4.69, 9.17) is 5.11 Å². The lowest BCUT2D eigenvalue weighted by atomic mass is 10.0. The van der Waals surface area contributed by atoms with Gasteiger partial charge in [0.2, 0.25) is 0 Å². The molecular weight excluding hydrogens is 230 g/mol. The van der Waals surface area contributed by atoms with E-state index in [-0.39, 0.29) is 5.91 Å². The number of hydrogen-bond acceptors (Lipinski definition) is 2. The third kappa shape index (κ3) is 3.45. The van der Waals surface area contributed by atoms with Crippen LogP contribution in [0.25, 0.3) is 6.08 Å². The molecule has 4 heteroatoms. The third-order valence-electron chi connectivity index (χ3n) is 2.74. The van der Waals surface area contributed by atoms with Crippen LogP contribution in [0, 0.1) is 6.92 Å². The summed E-state index contributed by atoms with van der Waals surface area (Å²) in [6.07, 6.45) is 2.61. The van der Waals surface area contributed by atoms with Crippen LogP contribution in [0.15, 0.2) is 24.3 Å². The third-order valence-corrected chi connectivity index (χ3v) is 2.74. The minimum Gasteiger partial charge on any atom is -0.478 e. The lowest BCUT2D eigenvalue weighted by Gasteiger charge is -2.15. The normalized spacial score (nSPS) is 10.6. The molecule has 0 aromatic heterocycles. The Labute approximate surface area is 107 Å². The second kappa shape index (κ2) is 6.00. The number of carboxylic acid groups (broad SMARTS) is 1. The molecule has 1 aromatic rings. The van der Waals surface area contributed by atoms with E-state index in [1.807, 2.05) is 13.8 Å². The average molecular weight is 247 g/mol. The molecule has 1 amide bonds. The predicted molar refractivity (Wildman–Crippen MR) is 70.5 cm³/mol. The zero-order valence-corrected chi connectivity index (χ0v) is 10.8. The summed E-state index contributed by atoms with van der Waals surface area (Å²) in [4.78, 5) is 24.0. The molecule has 4 nitrogen and oxygen atoms in total. The summed E-state index contributed by atoms with van der Waals surface area (Å²) >= 11 is 0. The van der Waals surface area contributed by atoms with Crippen LogP contribution in [0.5, 0.6) is 0 Å². The number of amides is 1. The largest absolute Gasteiger partial charge is 0.478 e. The van der Waals surface area contributed by atoms with E-state index in [2.05, 4.69) is 0 Å². The fourth-order valence-corrected chi connectivity index (χ4v) is 1.52. The van der Waals surface area contributed by atoms with Gasteiger partial charge in [0.05, 0.1) is 0 Å². The van der Waals surface area contributed by atoms with Crippen LogP contribution in [-0.2, 0) is 4.79 Å².